The van der Waals surface area contributed by atoms with Crippen molar-refractivity contribution in [1.29, 1.82) is 0 Å². The van der Waals surface area contributed by atoms with Gasteiger partial charge in [-0.25, -0.2) is 14.4 Å². The van der Waals surface area contributed by atoms with Crippen molar-refractivity contribution in [2.45, 2.75) is 12.1 Å². The van der Waals surface area contributed by atoms with Gasteiger partial charge in [-0.1, -0.05) is 60.1 Å². The van der Waals surface area contributed by atoms with E-state index < -0.39 is 35.7 Å². The maximum atomic E-state index is 14.0. The van der Waals surface area contributed by atoms with Gasteiger partial charge in [-0.2, -0.15) is 0 Å². The molecule has 30 heavy (non-hydrogen) atoms. The van der Waals surface area contributed by atoms with Gasteiger partial charge in [0, 0.05) is 0 Å². The number of carbonyl (C=O) groups is 2. The molecule has 150 valence electrons. The van der Waals surface area contributed by atoms with E-state index in [2.05, 4.69) is 0 Å². The second kappa shape index (κ2) is 7.23. The Hall–Kier alpha value is -3.22. The van der Waals surface area contributed by atoms with Crippen LogP contribution in [0.15, 0.2) is 78.9 Å². The average Bonchev–Trinajstić information content (AvgIpc) is 3.28. The molecule has 2 saturated heterocycles. The van der Waals surface area contributed by atoms with E-state index in [0.717, 1.165) is 22.2 Å². The molecule has 0 bridgehead atoms. The minimum absolute atomic E-state index is 0.0771. The average molecular weight is 423 g/mol. The summed E-state index contributed by atoms with van der Waals surface area (Å²) in [6.07, 6.45) is -0.998. The number of anilines is 2. The molecule has 0 radical (unpaired) electrons. The number of imide groups is 1. The van der Waals surface area contributed by atoms with E-state index in [0.29, 0.717) is 0 Å². The molecule has 5 nitrogen and oxygen atoms in total. The van der Waals surface area contributed by atoms with Gasteiger partial charge in [-0.15, -0.1) is 0 Å². The van der Waals surface area contributed by atoms with Gasteiger partial charge >= 0.3 is 0 Å². The maximum absolute atomic E-state index is 14.0. The molecule has 0 aromatic heterocycles. The fraction of sp³-hybridized carbons (Fsp3) is 0.130. The van der Waals surface area contributed by atoms with Crippen LogP contribution in [-0.4, -0.2) is 17.9 Å². The monoisotopic (exact) mass is 422 g/mol. The lowest BCUT2D eigenvalue weighted by atomic mass is 9.90. The van der Waals surface area contributed by atoms with Crippen molar-refractivity contribution in [1.82, 2.24) is 0 Å². The highest BCUT2D eigenvalue weighted by molar-refractivity contribution is 6.31. The number of hydroxylamine groups is 1. The van der Waals surface area contributed by atoms with Gasteiger partial charge in [0.15, 0.2) is 6.10 Å². The molecular formula is C23H16ClFN2O3. The Morgan fingerprint density at radius 1 is 0.833 bits per heavy atom. The quantitative estimate of drug-likeness (QED) is 0.582. The fourth-order valence-corrected chi connectivity index (χ4v) is 4.20. The number of hydrogen-bond acceptors (Lipinski definition) is 4. The first-order valence-electron chi connectivity index (χ1n) is 9.45. The van der Waals surface area contributed by atoms with Gasteiger partial charge in [0.05, 0.1) is 22.4 Å². The van der Waals surface area contributed by atoms with Crippen molar-refractivity contribution in [3.05, 3.63) is 95.3 Å². The van der Waals surface area contributed by atoms with Crippen LogP contribution in [0.1, 0.15) is 11.6 Å². The van der Waals surface area contributed by atoms with Gasteiger partial charge in [0.1, 0.15) is 11.7 Å². The predicted octanol–water partition coefficient (Wildman–Crippen LogP) is 4.53. The number of halogens is 2. The zero-order valence-corrected chi connectivity index (χ0v) is 16.4. The molecule has 2 heterocycles. The SMILES string of the molecule is O=C1[C@@H]2[C@H](ON(c3ccccc3)[C@H]2c2ccccc2)C(=O)N1c1ccc(Cl)c(F)c1. The first-order valence-corrected chi connectivity index (χ1v) is 9.83. The lowest BCUT2D eigenvalue weighted by Gasteiger charge is -2.28. The van der Waals surface area contributed by atoms with Crippen LogP contribution in [0, 0.1) is 11.7 Å². The summed E-state index contributed by atoms with van der Waals surface area (Å²) in [6, 6.07) is 22.1. The Balaban J connectivity index is 1.58. The molecule has 3 aromatic rings. The number of hydrogen-bond donors (Lipinski definition) is 0. The van der Waals surface area contributed by atoms with Crippen molar-refractivity contribution in [3.63, 3.8) is 0 Å². The maximum Gasteiger partial charge on any atom is 0.266 e. The Morgan fingerprint density at radius 2 is 1.50 bits per heavy atom. The molecule has 2 amide bonds. The van der Waals surface area contributed by atoms with E-state index >= 15 is 0 Å². The molecule has 0 aliphatic carbocycles. The van der Waals surface area contributed by atoms with E-state index in [-0.39, 0.29) is 10.7 Å². The van der Waals surface area contributed by atoms with Crippen LogP contribution in [0.5, 0.6) is 0 Å². The first-order chi connectivity index (χ1) is 14.6. The first kappa shape index (κ1) is 18.8. The Bertz CT molecular complexity index is 1130. The summed E-state index contributed by atoms with van der Waals surface area (Å²) in [7, 11) is 0. The third-order valence-electron chi connectivity index (χ3n) is 5.43. The molecule has 2 aliphatic heterocycles. The molecule has 2 aliphatic rings. The number of nitrogens with zero attached hydrogens (tertiary/aromatic N) is 2. The molecular weight excluding hydrogens is 407 g/mol. The minimum Gasteiger partial charge on any atom is -0.273 e. The van der Waals surface area contributed by atoms with Gasteiger partial charge < -0.3 is 0 Å². The zero-order chi connectivity index (χ0) is 20.8. The summed E-state index contributed by atoms with van der Waals surface area (Å²) in [5.41, 5.74) is 1.73. The highest BCUT2D eigenvalue weighted by Crippen LogP contribution is 2.47. The van der Waals surface area contributed by atoms with Crippen LogP contribution in [0.3, 0.4) is 0 Å². The van der Waals surface area contributed by atoms with E-state index in [1.54, 1.807) is 5.06 Å². The van der Waals surface area contributed by atoms with Crippen molar-refractivity contribution >= 4 is 34.8 Å². The van der Waals surface area contributed by atoms with Crippen molar-refractivity contribution < 1.29 is 18.8 Å². The highest BCUT2D eigenvalue weighted by Gasteiger charge is 2.60. The van der Waals surface area contributed by atoms with Crippen LogP contribution < -0.4 is 9.96 Å². The van der Waals surface area contributed by atoms with Gasteiger partial charge in [0.25, 0.3) is 5.91 Å². The zero-order valence-electron chi connectivity index (χ0n) is 15.6. The number of rotatable bonds is 3. The van der Waals surface area contributed by atoms with Crippen molar-refractivity contribution in [2.24, 2.45) is 5.92 Å². The number of amides is 2. The summed E-state index contributed by atoms with van der Waals surface area (Å²) < 4.78 is 14.0. The highest BCUT2D eigenvalue weighted by atomic mass is 35.5. The molecule has 3 atom stereocenters. The summed E-state index contributed by atoms with van der Waals surface area (Å²) in [5, 5.41) is 1.55. The minimum atomic E-state index is -0.998. The topological polar surface area (TPSA) is 49.9 Å². The predicted molar refractivity (Wildman–Crippen MR) is 110 cm³/mol. The number of fused-ring (bicyclic) bond motifs is 1. The van der Waals surface area contributed by atoms with Crippen LogP contribution in [0.2, 0.25) is 5.02 Å². The summed E-state index contributed by atoms with van der Waals surface area (Å²) >= 11 is 5.75. The van der Waals surface area contributed by atoms with Crippen LogP contribution in [-0.2, 0) is 14.4 Å². The standard InChI is InChI=1S/C23H16ClFN2O3/c24-17-12-11-16(13-18(17)25)26-22(28)19-20(14-7-3-1-4-8-14)27(30-21(19)23(26)29)15-9-5-2-6-10-15/h1-13,19-21H/t19-,20-,21-/m0/s1. The van der Waals surface area contributed by atoms with Gasteiger partial charge in [-0.05, 0) is 35.9 Å². The third kappa shape index (κ3) is 2.88. The largest absolute Gasteiger partial charge is 0.273 e. The lowest BCUT2D eigenvalue weighted by Crippen LogP contribution is -2.37. The summed E-state index contributed by atoms with van der Waals surface area (Å²) in [6.45, 7) is 0. The summed E-state index contributed by atoms with van der Waals surface area (Å²) in [4.78, 5) is 33.6. The summed E-state index contributed by atoms with van der Waals surface area (Å²) in [5.74, 6) is -2.41. The smallest absolute Gasteiger partial charge is 0.266 e. The second-order valence-electron chi connectivity index (χ2n) is 7.18. The van der Waals surface area contributed by atoms with Crippen molar-refractivity contribution in [3.8, 4) is 0 Å². The van der Waals surface area contributed by atoms with Gasteiger partial charge in [-0.3, -0.25) is 14.4 Å². The normalized spacial score (nSPS) is 23.2. The Kier molecular flexibility index (Phi) is 4.53. The van der Waals surface area contributed by atoms with Crippen LogP contribution in [0.4, 0.5) is 15.8 Å². The third-order valence-corrected chi connectivity index (χ3v) is 5.74. The number of carbonyl (C=O) groups excluding carboxylic acids is 2. The number of para-hydroxylation sites is 1. The molecule has 3 aromatic carbocycles. The van der Waals surface area contributed by atoms with E-state index in [1.165, 1.54) is 12.1 Å². The molecule has 2 fully saturated rings. The molecule has 0 unspecified atom stereocenters. The molecule has 7 heteroatoms. The molecule has 0 saturated carbocycles. The van der Waals surface area contributed by atoms with Crippen LogP contribution >= 0.6 is 11.6 Å². The van der Waals surface area contributed by atoms with E-state index in [1.807, 2.05) is 60.7 Å². The lowest BCUT2D eigenvalue weighted by molar-refractivity contribution is -0.126. The van der Waals surface area contributed by atoms with E-state index in [9.17, 15) is 14.0 Å². The molecule has 5 rings (SSSR count). The van der Waals surface area contributed by atoms with Gasteiger partial charge in [0.2, 0.25) is 5.91 Å². The second-order valence-corrected chi connectivity index (χ2v) is 7.59. The molecule has 0 N–H and O–H groups in total. The van der Waals surface area contributed by atoms with E-state index in [4.69, 9.17) is 16.4 Å². The van der Waals surface area contributed by atoms with Crippen molar-refractivity contribution in [2.75, 3.05) is 9.96 Å². The Morgan fingerprint density at radius 3 is 2.17 bits per heavy atom. The fourth-order valence-electron chi connectivity index (χ4n) is 4.08. The number of benzene rings is 3. The van der Waals surface area contributed by atoms with Crippen LogP contribution in [0.25, 0.3) is 0 Å². The molecule has 0 spiro atoms. The Labute approximate surface area is 177 Å².